The van der Waals surface area contributed by atoms with Crippen LogP contribution in [0.2, 0.25) is 0 Å². The van der Waals surface area contributed by atoms with Crippen LogP contribution in [-0.2, 0) is 6.42 Å². The maximum atomic E-state index is 5.84. The predicted octanol–water partition coefficient (Wildman–Crippen LogP) is 9.03. The molecule has 0 saturated carbocycles. The van der Waals surface area contributed by atoms with Crippen molar-refractivity contribution in [2.75, 3.05) is 5.32 Å². The lowest BCUT2D eigenvalue weighted by Gasteiger charge is -2.11. The van der Waals surface area contributed by atoms with E-state index in [1.165, 1.54) is 38.4 Å². The maximum Gasteiger partial charge on any atom is 0.266 e. The van der Waals surface area contributed by atoms with Crippen LogP contribution in [0.15, 0.2) is 133 Å². The van der Waals surface area contributed by atoms with Crippen LogP contribution >= 0.6 is 12.2 Å². The summed E-state index contributed by atoms with van der Waals surface area (Å²) in [6.07, 6.45) is 0.871. The fourth-order valence-electron chi connectivity index (χ4n) is 4.61. The summed E-state index contributed by atoms with van der Waals surface area (Å²) >= 11 is 5.42. The van der Waals surface area contributed by atoms with Gasteiger partial charge in [-0.05, 0) is 92.8 Å². The molecule has 0 spiro atoms. The van der Waals surface area contributed by atoms with Gasteiger partial charge in [0.05, 0.1) is 0 Å². The largest absolute Gasteiger partial charge is 0.432 e. The minimum absolute atomic E-state index is 0.326. The highest BCUT2D eigenvalue weighted by molar-refractivity contribution is 7.80. The van der Waals surface area contributed by atoms with Gasteiger partial charge in [0.25, 0.3) is 5.17 Å². The number of benzene rings is 6. The van der Waals surface area contributed by atoms with Gasteiger partial charge >= 0.3 is 0 Å². The van der Waals surface area contributed by atoms with Gasteiger partial charge in [0.2, 0.25) is 0 Å². The smallest absolute Gasteiger partial charge is 0.266 e. The average Bonchev–Trinajstić information content (AvgIpc) is 2.94. The van der Waals surface area contributed by atoms with Crippen LogP contribution in [0.5, 0.6) is 5.75 Å². The van der Waals surface area contributed by atoms with Crippen LogP contribution in [0.4, 0.5) is 5.69 Å². The van der Waals surface area contributed by atoms with E-state index in [2.05, 4.69) is 96.3 Å². The molecule has 178 valence electrons. The van der Waals surface area contributed by atoms with Crippen LogP contribution in [-0.4, -0.2) is 5.17 Å². The first-order valence-electron chi connectivity index (χ1n) is 12.3. The van der Waals surface area contributed by atoms with E-state index >= 15 is 0 Å². The zero-order valence-electron chi connectivity index (χ0n) is 20.2. The molecule has 0 aromatic heterocycles. The summed E-state index contributed by atoms with van der Waals surface area (Å²) < 4.78 is 5.84. The van der Waals surface area contributed by atoms with Crippen molar-refractivity contribution in [1.82, 2.24) is 0 Å². The normalized spacial score (nSPS) is 10.9. The predicted molar refractivity (Wildman–Crippen MR) is 159 cm³/mol. The van der Waals surface area contributed by atoms with Gasteiger partial charge in [0.1, 0.15) is 5.75 Å². The fourth-order valence-corrected chi connectivity index (χ4v) is 4.82. The van der Waals surface area contributed by atoms with Gasteiger partial charge in [0, 0.05) is 5.69 Å². The SMILES string of the molecule is S=C(Nc1ccc(Cc2ccc(-c3ccc4ccccc4c3)cc2)cc1)Oc1ccc2ccccc2c1. The summed E-state index contributed by atoms with van der Waals surface area (Å²) in [5.41, 5.74) is 5.89. The van der Waals surface area contributed by atoms with Crippen LogP contribution in [0.25, 0.3) is 32.7 Å². The van der Waals surface area contributed by atoms with Crippen LogP contribution in [0.1, 0.15) is 11.1 Å². The van der Waals surface area contributed by atoms with Gasteiger partial charge in [-0.2, -0.15) is 0 Å². The van der Waals surface area contributed by atoms with E-state index in [4.69, 9.17) is 17.0 Å². The Morgan fingerprint density at radius 3 is 1.76 bits per heavy atom. The zero-order chi connectivity index (χ0) is 25.0. The molecule has 37 heavy (non-hydrogen) atoms. The first-order chi connectivity index (χ1) is 18.2. The summed E-state index contributed by atoms with van der Waals surface area (Å²) in [5.74, 6) is 0.722. The molecule has 0 aliphatic rings. The van der Waals surface area contributed by atoms with Crippen LogP contribution < -0.4 is 10.1 Å². The van der Waals surface area contributed by atoms with Crippen molar-refractivity contribution in [3.63, 3.8) is 0 Å². The summed E-state index contributed by atoms with van der Waals surface area (Å²) in [7, 11) is 0. The van der Waals surface area contributed by atoms with Crippen molar-refractivity contribution < 1.29 is 4.74 Å². The third kappa shape index (κ3) is 5.37. The Bertz CT molecular complexity index is 1710. The molecular weight excluding hydrogens is 470 g/mol. The number of thiocarbonyl (C=S) groups is 1. The molecule has 0 aliphatic heterocycles. The Balaban J connectivity index is 1.08. The molecular formula is C34H25NOS. The summed E-state index contributed by atoms with van der Waals surface area (Å²) in [6, 6.07) is 46.4. The van der Waals surface area contributed by atoms with Crippen molar-refractivity contribution in [3.05, 3.63) is 145 Å². The molecule has 0 radical (unpaired) electrons. The minimum Gasteiger partial charge on any atom is -0.432 e. The molecule has 0 atom stereocenters. The van der Waals surface area contributed by atoms with E-state index in [0.29, 0.717) is 5.17 Å². The number of anilines is 1. The van der Waals surface area contributed by atoms with E-state index in [1.54, 1.807) is 0 Å². The minimum atomic E-state index is 0.326. The Hall–Kier alpha value is -4.47. The third-order valence-corrected chi connectivity index (χ3v) is 6.76. The monoisotopic (exact) mass is 495 g/mol. The Morgan fingerprint density at radius 1 is 0.541 bits per heavy atom. The first-order valence-corrected chi connectivity index (χ1v) is 12.8. The number of hydrogen-bond donors (Lipinski definition) is 1. The summed E-state index contributed by atoms with van der Waals surface area (Å²) in [6.45, 7) is 0. The quantitative estimate of drug-likeness (QED) is 0.241. The maximum absolute atomic E-state index is 5.84. The molecule has 0 heterocycles. The van der Waals surface area contributed by atoms with Crippen molar-refractivity contribution >= 4 is 44.6 Å². The topological polar surface area (TPSA) is 21.3 Å². The fraction of sp³-hybridized carbons (Fsp3) is 0.0294. The van der Waals surface area contributed by atoms with E-state index in [0.717, 1.165) is 23.2 Å². The Kier molecular flexibility index (Phi) is 6.36. The molecule has 6 aromatic rings. The molecule has 6 rings (SSSR count). The highest BCUT2D eigenvalue weighted by Gasteiger charge is 2.05. The number of rotatable bonds is 5. The van der Waals surface area contributed by atoms with E-state index in [1.807, 2.05) is 42.5 Å². The van der Waals surface area contributed by atoms with Gasteiger partial charge in [-0.3, -0.25) is 0 Å². The van der Waals surface area contributed by atoms with Crippen LogP contribution in [0.3, 0.4) is 0 Å². The molecule has 0 unspecified atom stereocenters. The van der Waals surface area contributed by atoms with E-state index in [9.17, 15) is 0 Å². The van der Waals surface area contributed by atoms with Crippen molar-refractivity contribution in [1.29, 1.82) is 0 Å². The second-order valence-corrected chi connectivity index (χ2v) is 9.53. The molecule has 0 saturated heterocycles. The molecule has 0 amide bonds. The van der Waals surface area contributed by atoms with E-state index in [-0.39, 0.29) is 0 Å². The molecule has 0 bridgehead atoms. The molecule has 0 fully saturated rings. The van der Waals surface area contributed by atoms with Crippen molar-refractivity contribution in [3.8, 4) is 16.9 Å². The van der Waals surface area contributed by atoms with Gasteiger partial charge in [-0.25, -0.2) is 0 Å². The number of nitrogens with one attached hydrogen (secondary N) is 1. The van der Waals surface area contributed by atoms with E-state index < -0.39 is 0 Å². The lowest BCUT2D eigenvalue weighted by molar-refractivity contribution is 0.564. The summed E-state index contributed by atoms with van der Waals surface area (Å²) in [4.78, 5) is 0. The first kappa shape index (κ1) is 23.0. The summed E-state index contributed by atoms with van der Waals surface area (Å²) in [5, 5.41) is 8.33. The second kappa shape index (κ2) is 10.3. The zero-order valence-corrected chi connectivity index (χ0v) is 21.0. The van der Waals surface area contributed by atoms with Crippen molar-refractivity contribution in [2.24, 2.45) is 0 Å². The number of hydrogen-bond acceptors (Lipinski definition) is 2. The lowest BCUT2D eigenvalue weighted by atomic mass is 9.98. The lowest BCUT2D eigenvalue weighted by Crippen LogP contribution is -2.16. The van der Waals surface area contributed by atoms with Gasteiger partial charge < -0.3 is 10.1 Å². The molecule has 1 N–H and O–H groups in total. The average molecular weight is 496 g/mol. The Morgan fingerprint density at radius 2 is 1.08 bits per heavy atom. The Labute approximate surface area is 222 Å². The molecule has 6 aromatic carbocycles. The number of fused-ring (bicyclic) bond motifs is 2. The van der Waals surface area contributed by atoms with Gasteiger partial charge in [-0.1, -0.05) is 103 Å². The highest BCUT2D eigenvalue weighted by Crippen LogP contribution is 2.26. The standard InChI is InChI=1S/C34H25NOS/c37-34(36-33-20-17-27-6-2-4-8-30(27)23-33)35-32-18-11-25(12-19-32)21-24-9-13-28(14-10-24)31-16-15-26-5-1-3-7-29(26)22-31/h1-20,22-23H,21H2,(H,35,37). The highest BCUT2D eigenvalue weighted by atomic mass is 32.1. The second-order valence-electron chi connectivity index (χ2n) is 9.16. The van der Waals surface area contributed by atoms with Gasteiger partial charge in [0.15, 0.2) is 0 Å². The molecule has 0 aliphatic carbocycles. The van der Waals surface area contributed by atoms with Crippen LogP contribution in [0, 0.1) is 0 Å². The molecule has 3 heteroatoms. The number of ether oxygens (including phenoxy) is 1. The van der Waals surface area contributed by atoms with Crippen molar-refractivity contribution in [2.45, 2.75) is 6.42 Å². The molecule has 2 nitrogen and oxygen atoms in total. The van der Waals surface area contributed by atoms with Gasteiger partial charge in [-0.15, -0.1) is 0 Å². The third-order valence-electron chi connectivity index (χ3n) is 6.58.